The summed E-state index contributed by atoms with van der Waals surface area (Å²) in [4.78, 5) is 37.9. The first-order chi connectivity index (χ1) is 12.4. The molecule has 1 aliphatic heterocycles. The van der Waals surface area contributed by atoms with Crippen molar-refractivity contribution in [2.75, 3.05) is 11.9 Å². The van der Waals surface area contributed by atoms with Gasteiger partial charge in [0.25, 0.3) is 11.8 Å². The Labute approximate surface area is 158 Å². The van der Waals surface area contributed by atoms with E-state index in [0.29, 0.717) is 23.2 Å². The van der Waals surface area contributed by atoms with Gasteiger partial charge < -0.3 is 5.32 Å². The molecule has 7 heteroatoms. The van der Waals surface area contributed by atoms with Crippen LogP contribution in [0.3, 0.4) is 0 Å². The molecule has 1 heterocycles. The van der Waals surface area contributed by atoms with E-state index in [9.17, 15) is 18.8 Å². The average molecular weight is 419 g/mol. The summed E-state index contributed by atoms with van der Waals surface area (Å²) in [6, 6.07) is 9.11. The number of aryl methyl sites for hydroxylation is 1. The van der Waals surface area contributed by atoms with Gasteiger partial charge in [-0.1, -0.05) is 22.0 Å². The van der Waals surface area contributed by atoms with Gasteiger partial charge in [0.15, 0.2) is 0 Å². The Morgan fingerprint density at radius 2 is 1.85 bits per heavy atom. The molecule has 0 saturated carbocycles. The molecule has 2 aromatic rings. The molecule has 134 valence electrons. The SMILES string of the molecule is Cc1ccc(F)cc1NC(=O)CCCN1C(=O)c2ccc(Br)cc2C1=O. The fourth-order valence-electron chi connectivity index (χ4n) is 2.81. The molecule has 1 N–H and O–H groups in total. The van der Waals surface area contributed by atoms with Crippen LogP contribution in [0, 0.1) is 12.7 Å². The van der Waals surface area contributed by atoms with Crippen molar-refractivity contribution in [3.63, 3.8) is 0 Å². The fourth-order valence-corrected chi connectivity index (χ4v) is 3.17. The van der Waals surface area contributed by atoms with Crippen molar-refractivity contribution < 1.29 is 18.8 Å². The fraction of sp³-hybridized carbons (Fsp3) is 0.211. The largest absolute Gasteiger partial charge is 0.326 e. The van der Waals surface area contributed by atoms with E-state index in [1.165, 1.54) is 12.1 Å². The first kappa shape index (κ1) is 18.3. The smallest absolute Gasteiger partial charge is 0.261 e. The summed E-state index contributed by atoms with van der Waals surface area (Å²) in [7, 11) is 0. The highest BCUT2D eigenvalue weighted by Gasteiger charge is 2.35. The monoisotopic (exact) mass is 418 g/mol. The Balaban J connectivity index is 1.57. The van der Waals surface area contributed by atoms with Gasteiger partial charge in [-0.05, 0) is 49.2 Å². The molecule has 3 amide bonds. The van der Waals surface area contributed by atoms with Gasteiger partial charge in [0.1, 0.15) is 5.82 Å². The van der Waals surface area contributed by atoms with Crippen LogP contribution in [-0.2, 0) is 4.79 Å². The molecule has 0 unspecified atom stereocenters. The maximum atomic E-state index is 13.3. The van der Waals surface area contributed by atoms with Gasteiger partial charge >= 0.3 is 0 Å². The number of hydrogen-bond donors (Lipinski definition) is 1. The van der Waals surface area contributed by atoms with Crippen LogP contribution >= 0.6 is 15.9 Å². The first-order valence-electron chi connectivity index (χ1n) is 8.08. The van der Waals surface area contributed by atoms with Crippen LogP contribution in [0.4, 0.5) is 10.1 Å². The summed E-state index contributed by atoms with van der Waals surface area (Å²) >= 11 is 3.28. The minimum atomic E-state index is -0.428. The maximum Gasteiger partial charge on any atom is 0.261 e. The van der Waals surface area contributed by atoms with Gasteiger partial charge in [-0.3, -0.25) is 19.3 Å². The zero-order valence-electron chi connectivity index (χ0n) is 14.0. The van der Waals surface area contributed by atoms with Crippen molar-refractivity contribution in [1.29, 1.82) is 0 Å². The van der Waals surface area contributed by atoms with Gasteiger partial charge in [-0.15, -0.1) is 0 Å². The summed E-state index contributed by atoms with van der Waals surface area (Å²) in [5.74, 6) is -1.42. The van der Waals surface area contributed by atoms with Crippen molar-refractivity contribution >= 4 is 39.3 Å². The van der Waals surface area contributed by atoms with Gasteiger partial charge in [-0.2, -0.15) is 0 Å². The summed E-state index contributed by atoms with van der Waals surface area (Å²) < 4.78 is 14.0. The van der Waals surface area contributed by atoms with Crippen molar-refractivity contribution in [2.45, 2.75) is 19.8 Å². The van der Waals surface area contributed by atoms with E-state index in [2.05, 4.69) is 21.2 Å². The van der Waals surface area contributed by atoms with Crippen LogP contribution < -0.4 is 5.32 Å². The van der Waals surface area contributed by atoms with Crippen molar-refractivity contribution in [3.8, 4) is 0 Å². The van der Waals surface area contributed by atoms with E-state index in [1.807, 2.05) is 0 Å². The lowest BCUT2D eigenvalue weighted by Crippen LogP contribution is -2.31. The summed E-state index contributed by atoms with van der Waals surface area (Å²) in [5, 5.41) is 2.65. The zero-order chi connectivity index (χ0) is 18.8. The number of rotatable bonds is 5. The topological polar surface area (TPSA) is 66.5 Å². The molecule has 0 radical (unpaired) electrons. The quantitative estimate of drug-likeness (QED) is 0.748. The van der Waals surface area contributed by atoms with E-state index in [4.69, 9.17) is 0 Å². The lowest BCUT2D eigenvalue weighted by atomic mass is 10.1. The molecule has 1 aliphatic rings. The number of nitrogens with zero attached hydrogens (tertiary/aromatic N) is 1. The predicted molar refractivity (Wildman–Crippen MR) is 98.5 cm³/mol. The second-order valence-corrected chi connectivity index (χ2v) is 6.98. The van der Waals surface area contributed by atoms with Crippen LogP contribution in [0.2, 0.25) is 0 Å². The van der Waals surface area contributed by atoms with E-state index in [0.717, 1.165) is 14.9 Å². The lowest BCUT2D eigenvalue weighted by Gasteiger charge is -2.14. The van der Waals surface area contributed by atoms with Crippen LogP contribution in [0.5, 0.6) is 0 Å². The van der Waals surface area contributed by atoms with E-state index < -0.39 is 5.82 Å². The molecule has 0 bridgehead atoms. The second kappa shape index (κ2) is 7.37. The number of amides is 3. The standard InChI is InChI=1S/C19H16BrFN2O3/c1-11-4-6-13(21)10-16(11)22-17(24)3-2-8-23-18(25)14-7-5-12(20)9-15(14)19(23)26/h4-7,9-10H,2-3,8H2,1H3,(H,22,24). The van der Waals surface area contributed by atoms with Gasteiger partial charge in [-0.25, -0.2) is 4.39 Å². The normalized spacial score (nSPS) is 13.1. The van der Waals surface area contributed by atoms with Crippen LogP contribution in [0.15, 0.2) is 40.9 Å². The van der Waals surface area contributed by atoms with Crippen molar-refractivity contribution in [3.05, 3.63) is 63.4 Å². The Bertz CT molecular complexity index is 914. The molecule has 0 spiro atoms. The number of benzene rings is 2. The number of carbonyl (C=O) groups is 3. The third kappa shape index (κ3) is 3.67. The average Bonchev–Trinajstić information content (AvgIpc) is 2.82. The number of anilines is 1. The third-order valence-electron chi connectivity index (χ3n) is 4.19. The molecule has 0 saturated heterocycles. The molecule has 3 rings (SSSR count). The first-order valence-corrected chi connectivity index (χ1v) is 8.88. The number of halogens is 2. The van der Waals surface area contributed by atoms with E-state index >= 15 is 0 Å². The molecule has 0 fully saturated rings. The summed E-state index contributed by atoms with van der Waals surface area (Å²) in [6.45, 7) is 1.92. The Hall–Kier alpha value is -2.54. The highest BCUT2D eigenvalue weighted by Crippen LogP contribution is 2.26. The Morgan fingerprint density at radius 1 is 1.12 bits per heavy atom. The van der Waals surface area contributed by atoms with E-state index in [1.54, 1.807) is 31.2 Å². The van der Waals surface area contributed by atoms with Gasteiger partial charge in [0, 0.05) is 23.1 Å². The Morgan fingerprint density at radius 3 is 2.62 bits per heavy atom. The van der Waals surface area contributed by atoms with Gasteiger partial charge in [0.05, 0.1) is 11.1 Å². The van der Waals surface area contributed by atoms with E-state index in [-0.39, 0.29) is 30.7 Å². The highest BCUT2D eigenvalue weighted by molar-refractivity contribution is 9.10. The second-order valence-electron chi connectivity index (χ2n) is 6.06. The molecule has 0 atom stereocenters. The summed E-state index contributed by atoms with van der Waals surface area (Å²) in [5.41, 5.74) is 1.91. The zero-order valence-corrected chi connectivity index (χ0v) is 15.6. The molecular formula is C19H16BrFN2O3. The lowest BCUT2D eigenvalue weighted by molar-refractivity contribution is -0.116. The highest BCUT2D eigenvalue weighted by atomic mass is 79.9. The Kier molecular flexibility index (Phi) is 5.18. The number of fused-ring (bicyclic) bond motifs is 1. The van der Waals surface area contributed by atoms with Crippen molar-refractivity contribution in [1.82, 2.24) is 4.90 Å². The number of hydrogen-bond acceptors (Lipinski definition) is 3. The minimum absolute atomic E-state index is 0.118. The molecular weight excluding hydrogens is 403 g/mol. The molecule has 26 heavy (non-hydrogen) atoms. The number of imide groups is 1. The molecule has 0 aromatic heterocycles. The molecule has 2 aromatic carbocycles. The molecule has 5 nitrogen and oxygen atoms in total. The maximum absolute atomic E-state index is 13.3. The third-order valence-corrected chi connectivity index (χ3v) is 4.69. The van der Waals surface area contributed by atoms with Crippen LogP contribution in [0.25, 0.3) is 0 Å². The number of nitrogens with one attached hydrogen (secondary N) is 1. The molecule has 0 aliphatic carbocycles. The predicted octanol–water partition coefficient (Wildman–Crippen LogP) is 3.91. The van der Waals surface area contributed by atoms with Crippen molar-refractivity contribution in [2.24, 2.45) is 0 Å². The minimum Gasteiger partial charge on any atom is -0.326 e. The van der Waals surface area contributed by atoms with Gasteiger partial charge in [0.2, 0.25) is 5.91 Å². The number of carbonyl (C=O) groups excluding carboxylic acids is 3. The van der Waals surface area contributed by atoms with Crippen LogP contribution in [-0.4, -0.2) is 29.2 Å². The van der Waals surface area contributed by atoms with Crippen LogP contribution in [0.1, 0.15) is 39.1 Å². The summed E-state index contributed by atoms with van der Waals surface area (Å²) in [6.07, 6.45) is 0.444.